The molecule has 0 amide bonds. The molecule has 3 N–H and O–H groups in total. The van der Waals surface area contributed by atoms with Crippen LogP contribution in [0.3, 0.4) is 0 Å². The molecule has 0 radical (unpaired) electrons. The molecule has 0 atom stereocenters. The Morgan fingerprint density at radius 2 is 2.29 bits per heavy atom. The molecule has 2 rings (SSSR count). The zero-order chi connectivity index (χ0) is 15.4. The standard InChI is InChI=1S/C14H11ClFN3O2/c15-11-4-8(1-2-12(11)16)3-9-6-18-13(19-7-9)10(5-17)14(20)21/h1-2,4-7,17-18H,3H2,(H,20,21)/b13-10-,17-5?. The Balaban J connectivity index is 2.14. The number of nitrogens with one attached hydrogen (secondary N) is 2. The predicted molar refractivity (Wildman–Crippen MR) is 78.3 cm³/mol. The van der Waals surface area contributed by atoms with Crippen LogP contribution < -0.4 is 5.32 Å². The first-order valence-electron chi connectivity index (χ1n) is 5.93. The van der Waals surface area contributed by atoms with E-state index in [9.17, 15) is 9.18 Å². The Bertz CT molecular complexity index is 695. The van der Waals surface area contributed by atoms with Gasteiger partial charge in [-0.25, -0.2) is 14.2 Å². The fourth-order valence-electron chi connectivity index (χ4n) is 1.74. The van der Waals surface area contributed by atoms with Gasteiger partial charge in [0.25, 0.3) is 0 Å². The number of carboxylic acid groups (broad SMARTS) is 1. The van der Waals surface area contributed by atoms with E-state index in [0.29, 0.717) is 6.42 Å². The van der Waals surface area contributed by atoms with Gasteiger partial charge in [-0.2, -0.15) is 0 Å². The first kappa shape index (κ1) is 14.9. The summed E-state index contributed by atoms with van der Waals surface area (Å²) >= 11 is 5.71. The average Bonchev–Trinajstić information content (AvgIpc) is 2.45. The molecule has 0 unspecified atom stereocenters. The van der Waals surface area contributed by atoms with Crippen molar-refractivity contribution in [1.29, 1.82) is 5.41 Å². The summed E-state index contributed by atoms with van der Waals surface area (Å²) < 4.78 is 13.1. The highest BCUT2D eigenvalue weighted by molar-refractivity contribution is 6.30. The molecule has 1 heterocycles. The van der Waals surface area contributed by atoms with E-state index in [1.807, 2.05) is 0 Å². The lowest BCUT2D eigenvalue weighted by Crippen LogP contribution is -2.17. The molecule has 7 heteroatoms. The Labute approximate surface area is 125 Å². The second-order valence-electron chi connectivity index (χ2n) is 4.26. The summed E-state index contributed by atoms with van der Waals surface area (Å²) in [6.45, 7) is 0. The maximum atomic E-state index is 13.1. The molecular weight excluding hydrogens is 297 g/mol. The van der Waals surface area contributed by atoms with Gasteiger partial charge in [-0.3, -0.25) is 0 Å². The zero-order valence-corrected chi connectivity index (χ0v) is 11.5. The van der Waals surface area contributed by atoms with Crippen molar-refractivity contribution in [2.75, 3.05) is 0 Å². The fourth-order valence-corrected chi connectivity index (χ4v) is 1.95. The van der Waals surface area contributed by atoms with Gasteiger partial charge in [0, 0.05) is 25.0 Å². The van der Waals surface area contributed by atoms with Gasteiger partial charge in [-0.05, 0) is 23.3 Å². The SMILES string of the molecule is N=C/C(C(=O)O)=C1/N=CC(Cc2ccc(F)c(Cl)c2)=CN1. The number of aliphatic carboxylic acids is 1. The van der Waals surface area contributed by atoms with Crippen LogP contribution in [0, 0.1) is 11.2 Å². The van der Waals surface area contributed by atoms with Crippen LogP contribution in [0.1, 0.15) is 5.56 Å². The summed E-state index contributed by atoms with van der Waals surface area (Å²) in [5.74, 6) is -1.61. The lowest BCUT2D eigenvalue weighted by atomic mass is 10.1. The van der Waals surface area contributed by atoms with Gasteiger partial charge in [0.1, 0.15) is 17.2 Å². The number of aliphatic imine (C=N–C) groups is 1. The van der Waals surface area contributed by atoms with Crippen LogP contribution in [0.5, 0.6) is 0 Å². The van der Waals surface area contributed by atoms with E-state index in [1.54, 1.807) is 12.3 Å². The van der Waals surface area contributed by atoms with Crippen LogP contribution >= 0.6 is 11.6 Å². The van der Waals surface area contributed by atoms with Crippen molar-refractivity contribution in [3.05, 3.63) is 57.8 Å². The van der Waals surface area contributed by atoms with E-state index in [2.05, 4.69) is 10.3 Å². The van der Waals surface area contributed by atoms with Crippen LogP contribution in [-0.2, 0) is 11.2 Å². The van der Waals surface area contributed by atoms with E-state index >= 15 is 0 Å². The molecule has 0 bridgehead atoms. The number of nitrogens with zero attached hydrogens (tertiary/aromatic N) is 1. The number of hydrogen-bond donors (Lipinski definition) is 3. The Morgan fingerprint density at radius 1 is 1.52 bits per heavy atom. The topological polar surface area (TPSA) is 85.5 Å². The largest absolute Gasteiger partial charge is 0.477 e. The van der Waals surface area contributed by atoms with E-state index in [4.69, 9.17) is 22.1 Å². The summed E-state index contributed by atoms with van der Waals surface area (Å²) in [6.07, 6.45) is 4.28. The molecule has 0 fully saturated rings. The summed E-state index contributed by atoms with van der Waals surface area (Å²) in [6, 6.07) is 4.42. The average molecular weight is 308 g/mol. The molecule has 1 aromatic carbocycles. The monoisotopic (exact) mass is 307 g/mol. The van der Waals surface area contributed by atoms with E-state index in [1.165, 1.54) is 18.3 Å². The number of halogens is 2. The maximum absolute atomic E-state index is 13.1. The molecule has 0 spiro atoms. The minimum absolute atomic E-state index is 0.0476. The number of carboxylic acids is 1. The highest BCUT2D eigenvalue weighted by Crippen LogP contribution is 2.18. The van der Waals surface area contributed by atoms with Crippen LogP contribution in [-0.4, -0.2) is 23.5 Å². The van der Waals surface area contributed by atoms with E-state index < -0.39 is 11.8 Å². The third-order valence-corrected chi connectivity index (χ3v) is 3.07. The Hall–Kier alpha value is -2.47. The maximum Gasteiger partial charge on any atom is 0.341 e. The van der Waals surface area contributed by atoms with Crippen molar-refractivity contribution in [2.24, 2.45) is 4.99 Å². The van der Waals surface area contributed by atoms with Crippen molar-refractivity contribution in [2.45, 2.75) is 6.42 Å². The number of rotatable bonds is 4. The molecule has 1 aliphatic rings. The van der Waals surface area contributed by atoms with Crippen molar-refractivity contribution in [1.82, 2.24) is 5.32 Å². The van der Waals surface area contributed by atoms with Gasteiger partial charge in [0.15, 0.2) is 0 Å². The molecule has 5 nitrogen and oxygen atoms in total. The smallest absolute Gasteiger partial charge is 0.341 e. The van der Waals surface area contributed by atoms with Gasteiger partial charge in [-0.1, -0.05) is 17.7 Å². The molecule has 1 aromatic rings. The molecular formula is C14H11ClFN3O2. The van der Waals surface area contributed by atoms with Gasteiger partial charge in [-0.15, -0.1) is 0 Å². The Morgan fingerprint density at radius 3 is 2.81 bits per heavy atom. The summed E-state index contributed by atoms with van der Waals surface area (Å²) in [5, 5.41) is 18.7. The highest BCUT2D eigenvalue weighted by Gasteiger charge is 2.13. The Kier molecular flexibility index (Phi) is 4.49. The summed E-state index contributed by atoms with van der Waals surface area (Å²) in [4.78, 5) is 14.9. The number of allylic oxidation sites excluding steroid dienone is 1. The molecule has 0 saturated carbocycles. The molecule has 1 aliphatic heterocycles. The lowest BCUT2D eigenvalue weighted by molar-refractivity contribution is -0.132. The van der Waals surface area contributed by atoms with Gasteiger partial charge in [0.2, 0.25) is 0 Å². The second kappa shape index (κ2) is 6.32. The molecule has 0 aliphatic carbocycles. The number of carbonyl (C=O) groups is 1. The van der Waals surface area contributed by atoms with Crippen molar-refractivity contribution in [3.8, 4) is 0 Å². The zero-order valence-electron chi connectivity index (χ0n) is 10.7. The van der Waals surface area contributed by atoms with E-state index in [0.717, 1.165) is 17.4 Å². The van der Waals surface area contributed by atoms with Crippen LogP contribution in [0.4, 0.5) is 4.39 Å². The van der Waals surface area contributed by atoms with Crippen LogP contribution in [0.15, 0.2) is 46.4 Å². The van der Waals surface area contributed by atoms with Crippen molar-refractivity contribution < 1.29 is 14.3 Å². The van der Waals surface area contributed by atoms with Crippen LogP contribution in [0.2, 0.25) is 5.02 Å². The van der Waals surface area contributed by atoms with Gasteiger partial charge < -0.3 is 15.8 Å². The number of benzene rings is 1. The van der Waals surface area contributed by atoms with Gasteiger partial charge in [0.05, 0.1) is 5.02 Å². The minimum atomic E-state index is -1.23. The minimum Gasteiger partial charge on any atom is -0.477 e. The predicted octanol–water partition coefficient (Wildman–Crippen LogP) is 2.53. The highest BCUT2D eigenvalue weighted by atomic mass is 35.5. The molecule has 0 aromatic heterocycles. The summed E-state index contributed by atoms with van der Waals surface area (Å²) in [5.41, 5.74) is 1.35. The molecule has 0 saturated heterocycles. The quantitative estimate of drug-likeness (QED) is 0.590. The van der Waals surface area contributed by atoms with Gasteiger partial charge >= 0.3 is 5.97 Å². The van der Waals surface area contributed by atoms with Crippen molar-refractivity contribution in [3.63, 3.8) is 0 Å². The normalized spacial score (nSPS) is 16.0. The third-order valence-electron chi connectivity index (χ3n) is 2.78. The lowest BCUT2D eigenvalue weighted by Gasteiger charge is -2.12. The van der Waals surface area contributed by atoms with Crippen LogP contribution in [0.25, 0.3) is 0 Å². The fraction of sp³-hybridized carbons (Fsp3) is 0.0714. The first-order chi connectivity index (χ1) is 10.0. The van der Waals surface area contributed by atoms with E-state index in [-0.39, 0.29) is 16.4 Å². The molecule has 21 heavy (non-hydrogen) atoms. The third kappa shape index (κ3) is 3.55. The van der Waals surface area contributed by atoms with Crippen molar-refractivity contribution >= 4 is 30.0 Å². The first-order valence-corrected chi connectivity index (χ1v) is 6.30. The number of hydrogen-bond acceptors (Lipinski definition) is 4. The second-order valence-corrected chi connectivity index (χ2v) is 4.67. The molecule has 108 valence electrons. The summed E-state index contributed by atoms with van der Waals surface area (Å²) in [7, 11) is 0.